The van der Waals surface area contributed by atoms with Crippen molar-refractivity contribution in [2.24, 2.45) is 0 Å². The number of benzene rings is 1. The van der Waals surface area contributed by atoms with E-state index in [1.54, 1.807) is 26.4 Å². The van der Waals surface area contributed by atoms with Crippen LogP contribution < -0.4 is 5.32 Å². The molecule has 2 N–H and O–H groups in total. The Labute approximate surface area is 264 Å². The molecule has 0 spiro atoms. The Morgan fingerprint density at radius 1 is 0.933 bits per heavy atom. The summed E-state index contributed by atoms with van der Waals surface area (Å²) in [6, 6.07) is 9.36. The van der Waals surface area contributed by atoms with Crippen LogP contribution in [0, 0.1) is 37.3 Å². The molecule has 0 saturated heterocycles. The first-order chi connectivity index (χ1) is 21.7. The fourth-order valence-corrected chi connectivity index (χ4v) is 5.97. The molecule has 2 aromatic rings. The number of carbonyl (C=O) groups is 2. The third-order valence-corrected chi connectivity index (χ3v) is 7.72. The fraction of sp³-hybridized carbons (Fsp3) is 0.382. The highest BCUT2D eigenvalue weighted by Gasteiger charge is 2.50. The third-order valence-electron chi connectivity index (χ3n) is 7.72. The molecule has 4 rings (SSSR count). The van der Waals surface area contributed by atoms with Crippen LogP contribution in [0.25, 0.3) is 5.57 Å². The van der Waals surface area contributed by atoms with Crippen LogP contribution in [-0.2, 0) is 23.7 Å². The van der Waals surface area contributed by atoms with Gasteiger partial charge in [-0.05, 0) is 55.8 Å². The smallest absolute Gasteiger partial charge is 0.480 e. The number of ether oxygens (including phenoxy) is 4. The van der Waals surface area contributed by atoms with Crippen molar-refractivity contribution in [2.45, 2.75) is 27.7 Å². The van der Waals surface area contributed by atoms with Gasteiger partial charge in [0, 0.05) is 44.0 Å². The summed E-state index contributed by atoms with van der Waals surface area (Å²) in [5, 5.41) is 11.4. The van der Waals surface area contributed by atoms with E-state index < -0.39 is 24.8 Å². The number of hydrogen-bond donors (Lipinski definition) is 2. The number of methoxy groups -OCH3 is 2. The maximum atomic E-state index is 12.5. The maximum absolute atomic E-state index is 12.5. The molecule has 0 bridgehead atoms. The second kappa shape index (κ2) is 15.1. The number of nitrogens with one attached hydrogen (secondary N) is 1. The second-order valence-corrected chi connectivity index (χ2v) is 10.9. The monoisotopic (exact) mass is 613 g/mol. The van der Waals surface area contributed by atoms with Crippen LogP contribution in [-0.4, -0.2) is 98.5 Å². The van der Waals surface area contributed by atoms with Crippen LogP contribution in [0.15, 0.2) is 47.7 Å². The highest BCUT2D eigenvalue weighted by molar-refractivity contribution is 6.87. The van der Waals surface area contributed by atoms with Gasteiger partial charge in [-0.1, -0.05) is 12.1 Å². The van der Waals surface area contributed by atoms with E-state index in [0.717, 1.165) is 45.1 Å². The molecule has 0 aliphatic carbocycles. The van der Waals surface area contributed by atoms with E-state index in [1.165, 1.54) is 0 Å². The summed E-state index contributed by atoms with van der Waals surface area (Å²) in [5.74, 6) is 12.1. The van der Waals surface area contributed by atoms with Crippen LogP contribution in [0.3, 0.4) is 0 Å². The fourth-order valence-electron chi connectivity index (χ4n) is 5.97. The minimum absolute atomic E-state index is 0.226. The first-order valence-corrected chi connectivity index (χ1v) is 14.8. The second-order valence-electron chi connectivity index (χ2n) is 10.9. The Hall–Kier alpha value is -4.39. The number of hydrogen-bond acceptors (Lipinski definition) is 6. The quantitative estimate of drug-likeness (QED) is 0.215. The molecule has 236 valence electrons. The van der Waals surface area contributed by atoms with Crippen molar-refractivity contribution < 1.29 is 38.1 Å². The van der Waals surface area contributed by atoms with Crippen LogP contribution >= 0.6 is 0 Å². The SMILES string of the molecule is COCCOCC#C[B-]1(C#CCOCCOC)n2c(C)cc(C)c2C(c2ccc(C(=O)NCC(=O)O)cc2)=C2C(C)=CC(C)=[N+]21. The van der Waals surface area contributed by atoms with Gasteiger partial charge in [0.1, 0.15) is 25.5 Å². The molecular formula is C34H40BN3O7. The summed E-state index contributed by atoms with van der Waals surface area (Å²) in [6.45, 7) is 10.1. The Morgan fingerprint density at radius 3 is 2.09 bits per heavy atom. The van der Waals surface area contributed by atoms with Crippen LogP contribution in [0.4, 0.5) is 0 Å². The van der Waals surface area contributed by atoms with E-state index in [-0.39, 0.29) is 13.2 Å². The Morgan fingerprint density at radius 2 is 1.53 bits per heavy atom. The molecule has 1 aromatic carbocycles. The molecule has 0 saturated carbocycles. The number of nitrogens with zero attached hydrogens (tertiary/aromatic N) is 2. The third kappa shape index (κ3) is 7.14. The number of aliphatic carboxylic acids is 1. The zero-order valence-corrected chi connectivity index (χ0v) is 26.8. The number of amides is 1. The molecule has 45 heavy (non-hydrogen) atoms. The average Bonchev–Trinajstić information content (AvgIpc) is 3.49. The number of aromatic nitrogens is 1. The lowest BCUT2D eigenvalue weighted by atomic mass is 9.45. The number of rotatable bonds is 12. The van der Waals surface area contributed by atoms with Gasteiger partial charge in [-0.25, -0.2) is 0 Å². The van der Waals surface area contributed by atoms with Gasteiger partial charge >= 0.3 is 12.4 Å². The van der Waals surface area contributed by atoms with Gasteiger partial charge in [0.2, 0.25) is 0 Å². The number of carboxylic acid groups (broad SMARTS) is 1. The lowest BCUT2D eigenvalue weighted by Crippen LogP contribution is -2.57. The first-order valence-electron chi connectivity index (χ1n) is 14.8. The predicted octanol–water partition coefficient (Wildman–Crippen LogP) is 2.83. The molecule has 1 aromatic heterocycles. The van der Waals surface area contributed by atoms with Crippen molar-refractivity contribution in [3.63, 3.8) is 0 Å². The topological polar surface area (TPSA) is 111 Å². The molecule has 3 heterocycles. The maximum Gasteiger partial charge on any atom is 0.520 e. The molecule has 0 radical (unpaired) electrons. The lowest BCUT2D eigenvalue weighted by molar-refractivity contribution is -0.329. The number of carboxylic acids is 1. The predicted molar refractivity (Wildman–Crippen MR) is 173 cm³/mol. The molecule has 2 aliphatic heterocycles. The van der Waals surface area contributed by atoms with E-state index in [4.69, 9.17) is 24.1 Å². The highest BCUT2D eigenvalue weighted by Crippen LogP contribution is 2.43. The summed E-state index contributed by atoms with van der Waals surface area (Å²) >= 11 is 0. The van der Waals surface area contributed by atoms with E-state index in [0.29, 0.717) is 32.0 Å². The van der Waals surface area contributed by atoms with Gasteiger partial charge in [-0.2, -0.15) is 11.6 Å². The Kier molecular flexibility index (Phi) is 11.2. The first kappa shape index (κ1) is 33.5. The van der Waals surface area contributed by atoms with Gasteiger partial charge in [0.05, 0.1) is 32.0 Å². The summed E-state index contributed by atoms with van der Waals surface area (Å²) in [4.78, 5) is 23.5. The van der Waals surface area contributed by atoms with Gasteiger partial charge < -0.3 is 38.3 Å². The number of carbonyl (C=O) groups excluding carboxylic acids is 1. The van der Waals surface area contributed by atoms with E-state index in [9.17, 15) is 9.59 Å². The largest absolute Gasteiger partial charge is 0.520 e. The normalized spacial score (nSPS) is 14.6. The molecule has 1 amide bonds. The summed E-state index contributed by atoms with van der Waals surface area (Å²) < 4.78 is 26.1. The van der Waals surface area contributed by atoms with Crippen LogP contribution in [0.1, 0.15) is 46.7 Å². The molecule has 0 fully saturated rings. The molecule has 10 nitrogen and oxygen atoms in total. The minimum atomic E-state index is -2.04. The highest BCUT2D eigenvalue weighted by atomic mass is 16.5. The van der Waals surface area contributed by atoms with Crippen molar-refractivity contribution in [3.8, 4) is 23.5 Å². The van der Waals surface area contributed by atoms with Crippen molar-refractivity contribution >= 4 is 29.6 Å². The van der Waals surface area contributed by atoms with Crippen LogP contribution in [0.5, 0.6) is 0 Å². The summed E-state index contributed by atoms with van der Waals surface area (Å²) in [7, 11) is 3.26. The van der Waals surface area contributed by atoms with E-state index >= 15 is 0 Å². The summed E-state index contributed by atoms with van der Waals surface area (Å²) in [5.41, 5.74) is 8.41. The average molecular weight is 614 g/mol. The zero-order chi connectivity index (χ0) is 32.6. The Balaban J connectivity index is 1.89. The van der Waals surface area contributed by atoms with Gasteiger partial charge in [0.15, 0.2) is 5.70 Å². The number of fused-ring (bicyclic) bond motifs is 2. The van der Waals surface area contributed by atoms with Gasteiger partial charge in [-0.3, -0.25) is 9.59 Å². The molecule has 0 atom stereocenters. The Bertz CT molecular complexity index is 1650. The van der Waals surface area contributed by atoms with Crippen molar-refractivity contribution in [2.75, 3.05) is 60.4 Å². The molecule has 2 aliphatic rings. The standard InChI is InChI=1S/C34H40BN3O7/c1-24-21-26(3)37-32(24)31(28-9-11-29(12-10-28)34(41)36-23-30(39)40)33-25(2)22-27(4)38(33)35(37,13-7-15-44-19-17-42-5)14-8-16-45-20-18-43-6/h9-12,21-22H,15-20,23H2,1-6H3,(H,36,41)(H,39,40). The van der Waals surface area contributed by atoms with Crippen molar-refractivity contribution in [1.29, 1.82) is 0 Å². The number of aryl methyl sites for hydroxylation is 2. The zero-order valence-electron chi connectivity index (χ0n) is 26.8. The van der Waals surface area contributed by atoms with Gasteiger partial charge in [0.25, 0.3) is 5.91 Å². The van der Waals surface area contributed by atoms with E-state index in [1.807, 2.05) is 12.1 Å². The van der Waals surface area contributed by atoms with Crippen LogP contribution in [0.2, 0.25) is 0 Å². The number of allylic oxidation sites excluding steroid dienone is 2. The molecule has 0 unspecified atom stereocenters. The molecular weight excluding hydrogens is 573 g/mol. The molecule has 11 heteroatoms. The van der Waals surface area contributed by atoms with Crippen molar-refractivity contribution in [3.05, 3.63) is 75.8 Å². The lowest BCUT2D eigenvalue weighted by Gasteiger charge is -2.39. The van der Waals surface area contributed by atoms with E-state index in [2.05, 4.69) is 77.6 Å². The van der Waals surface area contributed by atoms with Gasteiger partial charge in [-0.15, -0.1) is 11.8 Å². The summed E-state index contributed by atoms with van der Waals surface area (Å²) in [6.07, 6.45) is 0.104. The minimum Gasteiger partial charge on any atom is -0.480 e. The van der Waals surface area contributed by atoms with Crippen molar-refractivity contribution in [1.82, 2.24) is 9.79 Å².